The number of esters is 1. The Morgan fingerprint density at radius 2 is 1.67 bits per heavy atom. The standard InChI is InChI=1S/C22H23NO4/c1-14(2)11-20(22(25)26)23-12-21(24)27-13-19-17-9-5-3-7-15(17)16-8-4-6-10-18(16)19/h3-10,19-20,23H,1,11-13H2,2H3,(H,25,26)/t20-/m0/s1. The van der Waals surface area contributed by atoms with Gasteiger partial charge in [-0.05, 0) is 35.6 Å². The third-order valence-electron chi connectivity index (χ3n) is 4.72. The summed E-state index contributed by atoms with van der Waals surface area (Å²) in [5.41, 5.74) is 5.36. The summed E-state index contributed by atoms with van der Waals surface area (Å²) >= 11 is 0. The van der Waals surface area contributed by atoms with E-state index in [2.05, 4.69) is 36.2 Å². The third kappa shape index (κ3) is 4.26. The molecule has 0 heterocycles. The molecular weight excluding hydrogens is 342 g/mol. The highest BCUT2D eigenvalue weighted by Crippen LogP contribution is 2.44. The number of carbonyl (C=O) groups is 2. The van der Waals surface area contributed by atoms with Gasteiger partial charge in [-0.15, -0.1) is 6.58 Å². The molecule has 2 N–H and O–H groups in total. The van der Waals surface area contributed by atoms with Crippen LogP contribution in [0.4, 0.5) is 0 Å². The lowest BCUT2D eigenvalue weighted by Crippen LogP contribution is -2.40. The molecule has 1 aliphatic carbocycles. The second-order valence-electron chi connectivity index (χ2n) is 6.84. The molecule has 2 aromatic carbocycles. The van der Waals surface area contributed by atoms with Crippen molar-refractivity contribution in [1.82, 2.24) is 5.32 Å². The molecule has 140 valence electrons. The zero-order valence-corrected chi connectivity index (χ0v) is 15.3. The van der Waals surface area contributed by atoms with Gasteiger partial charge in [0, 0.05) is 5.92 Å². The van der Waals surface area contributed by atoms with Crippen molar-refractivity contribution in [2.24, 2.45) is 0 Å². The molecule has 0 aromatic heterocycles. The maximum Gasteiger partial charge on any atom is 0.321 e. The fourth-order valence-corrected chi connectivity index (χ4v) is 3.47. The molecule has 0 spiro atoms. The minimum atomic E-state index is -1.01. The number of carbonyl (C=O) groups excluding carboxylic acids is 1. The highest BCUT2D eigenvalue weighted by molar-refractivity contribution is 5.79. The van der Waals surface area contributed by atoms with Gasteiger partial charge >= 0.3 is 11.9 Å². The Labute approximate surface area is 158 Å². The average Bonchev–Trinajstić information content (AvgIpc) is 2.97. The van der Waals surface area contributed by atoms with Crippen LogP contribution in [0.2, 0.25) is 0 Å². The predicted molar refractivity (Wildman–Crippen MR) is 104 cm³/mol. The largest absolute Gasteiger partial charge is 0.480 e. The molecule has 27 heavy (non-hydrogen) atoms. The number of fused-ring (bicyclic) bond motifs is 3. The van der Waals surface area contributed by atoms with Crippen LogP contribution in [0, 0.1) is 0 Å². The van der Waals surface area contributed by atoms with E-state index in [4.69, 9.17) is 4.74 Å². The quantitative estimate of drug-likeness (QED) is 0.554. The first-order valence-electron chi connectivity index (χ1n) is 8.91. The fraction of sp³-hybridized carbons (Fsp3) is 0.273. The maximum atomic E-state index is 12.1. The van der Waals surface area contributed by atoms with E-state index in [9.17, 15) is 14.7 Å². The van der Waals surface area contributed by atoms with Gasteiger partial charge in [-0.3, -0.25) is 14.9 Å². The van der Waals surface area contributed by atoms with Gasteiger partial charge in [-0.25, -0.2) is 0 Å². The number of carboxylic acid groups (broad SMARTS) is 1. The van der Waals surface area contributed by atoms with Crippen LogP contribution >= 0.6 is 0 Å². The van der Waals surface area contributed by atoms with E-state index in [0.29, 0.717) is 0 Å². The number of carboxylic acids is 1. The lowest BCUT2D eigenvalue weighted by atomic mass is 9.98. The van der Waals surface area contributed by atoms with Gasteiger partial charge in [0.05, 0.1) is 6.54 Å². The van der Waals surface area contributed by atoms with Crippen LogP contribution in [0.3, 0.4) is 0 Å². The van der Waals surface area contributed by atoms with E-state index in [1.807, 2.05) is 24.3 Å². The Balaban J connectivity index is 1.62. The van der Waals surface area contributed by atoms with Gasteiger partial charge in [-0.2, -0.15) is 0 Å². The second kappa shape index (κ2) is 8.18. The SMILES string of the molecule is C=C(C)C[C@H](NCC(=O)OCC1c2ccccc2-c2ccccc21)C(=O)O. The van der Waals surface area contributed by atoms with Gasteiger partial charge in [0.2, 0.25) is 0 Å². The fourth-order valence-electron chi connectivity index (χ4n) is 3.47. The van der Waals surface area contributed by atoms with E-state index in [1.165, 1.54) is 11.1 Å². The molecule has 2 aromatic rings. The number of hydrogen-bond donors (Lipinski definition) is 2. The van der Waals surface area contributed by atoms with Crippen molar-refractivity contribution in [2.45, 2.75) is 25.3 Å². The number of aliphatic carboxylic acids is 1. The molecular formula is C22H23NO4. The first-order valence-corrected chi connectivity index (χ1v) is 8.91. The summed E-state index contributed by atoms with van der Waals surface area (Å²) in [6.45, 7) is 5.55. The Bertz CT molecular complexity index is 829. The monoisotopic (exact) mass is 365 g/mol. The van der Waals surface area contributed by atoms with Crippen molar-refractivity contribution >= 4 is 11.9 Å². The van der Waals surface area contributed by atoms with Crippen LogP contribution < -0.4 is 5.32 Å². The van der Waals surface area contributed by atoms with E-state index in [0.717, 1.165) is 16.7 Å². The lowest BCUT2D eigenvalue weighted by molar-refractivity contribution is -0.144. The van der Waals surface area contributed by atoms with Crippen molar-refractivity contribution in [3.05, 3.63) is 71.8 Å². The van der Waals surface area contributed by atoms with Crippen molar-refractivity contribution in [3.63, 3.8) is 0 Å². The van der Waals surface area contributed by atoms with Crippen LogP contribution in [0.1, 0.15) is 30.4 Å². The molecule has 0 saturated heterocycles. The minimum absolute atomic E-state index is 0.00737. The van der Waals surface area contributed by atoms with Gasteiger partial charge in [0.15, 0.2) is 0 Å². The molecule has 1 aliphatic rings. The molecule has 5 nitrogen and oxygen atoms in total. The van der Waals surface area contributed by atoms with Crippen LogP contribution in [-0.2, 0) is 14.3 Å². The van der Waals surface area contributed by atoms with Gasteiger partial charge in [0.25, 0.3) is 0 Å². The van der Waals surface area contributed by atoms with Gasteiger partial charge < -0.3 is 9.84 Å². The molecule has 0 saturated carbocycles. The molecule has 0 unspecified atom stereocenters. The third-order valence-corrected chi connectivity index (χ3v) is 4.72. The summed E-state index contributed by atoms with van der Waals surface area (Å²) in [7, 11) is 0. The minimum Gasteiger partial charge on any atom is -0.480 e. The van der Waals surface area contributed by atoms with Crippen molar-refractivity contribution in [3.8, 4) is 11.1 Å². The van der Waals surface area contributed by atoms with Crippen LogP contribution in [0.15, 0.2) is 60.7 Å². The van der Waals surface area contributed by atoms with Gasteiger partial charge in [-0.1, -0.05) is 54.1 Å². The van der Waals surface area contributed by atoms with Crippen molar-refractivity contribution < 1.29 is 19.4 Å². The Morgan fingerprint density at radius 1 is 1.11 bits per heavy atom. The predicted octanol–water partition coefficient (Wildman–Crippen LogP) is 3.35. The molecule has 1 atom stereocenters. The van der Waals surface area contributed by atoms with E-state index in [1.54, 1.807) is 6.92 Å². The number of benzene rings is 2. The number of nitrogens with one attached hydrogen (secondary N) is 1. The molecule has 0 fully saturated rings. The lowest BCUT2D eigenvalue weighted by Gasteiger charge is -2.16. The van der Waals surface area contributed by atoms with E-state index < -0.39 is 18.0 Å². The summed E-state index contributed by atoms with van der Waals surface area (Å²) in [6.07, 6.45) is 0.270. The zero-order valence-electron chi connectivity index (χ0n) is 15.3. The van der Waals surface area contributed by atoms with Gasteiger partial charge in [0.1, 0.15) is 12.6 Å². The Morgan fingerprint density at radius 3 is 2.19 bits per heavy atom. The zero-order chi connectivity index (χ0) is 19.4. The Kier molecular flexibility index (Phi) is 5.72. The first-order chi connectivity index (χ1) is 13.0. The topological polar surface area (TPSA) is 75.6 Å². The Hall–Kier alpha value is -2.92. The summed E-state index contributed by atoms with van der Waals surface area (Å²) in [6, 6.07) is 15.4. The second-order valence-corrected chi connectivity index (χ2v) is 6.84. The molecule has 0 amide bonds. The highest BCUT2D eigenvalue weighted by Gasteiger charge is 2.29. The van der Waals surface area contributed by atoms with Crippen molar-refractivity contribution in [1.29, 1.82) is 0 Å². The summed E-state index contributed by atoms with van der Waals surface area (Å²) < 4.78 is 5.46. The molecule has 3 rings (SSSR count). The first kappa shape index (κ1) is 18.9. The molecule has 5 heteroatoms. The van der Waals surface area contributed by atoms with E-state index >= 15 is 0 Å². The van der Waals surface area contributed by atoms with Crippen molar-refractivity contribution in [2.75, 3.05) is 13.2 Å². The molecule has 0 bridgehead atoms. The maximum absolute atomic E-state index is 12.1. The summed E-state index contributed by atoms with van der Waals surface area (Å²) in [5, 5.41) is 11.9. The highest BCUT2D eigenvalue weighted by atomic mass is 16.5. The number of hydrogen-bond acceptors (Lipinski definition) is 4. The summed E-state index contributed by atoms with van der Waals surface area (Å²) in [5.74, 6) is -1.48. The number of rotatable bonds is 8. The molecule has 0 aliphatic heterocycles. The normalized spacial score (nSPS) is 13.5. The van der Waals surface area contributed by atoms with E-state index in [-0.39, 0.29) is 25.5 Å². The smallest absolute Gasteiger partial charge is 0.321 e. The molecule has 0 radical (unpaired) electrons. The summed E-state index contributed by atoms with van der Waals surface area (Å²) in [4.78, 5) is 23.4. The number of ether oxygens (including phenoxy) is 1. The van der Waals surface area contributed by atoms with Crippen LogP contribution in [0.25, 0.3) is 11.1 Å². The van der Waals surface area contributed by atoms with Crippen LogP contribution in [-0.4, -0.2) is 36.2 Å². The average molecular weight is 365 g/mol. The van der Waals surface area contributed by atoms with Crippen LogP contribution in [0.5, 0.6) is 0 Å².